The first-order valence-corrected chi connectivity index (χ1v) is 8.93. The van der Waals surface area contributed by atoms with Crippen molar-refractivity contribution >= 4 is 21.8 Å². The van der Waals surface area contributed by atoms with Crippen LogP contribution in [-0.4, -0.2) is 29.5 Å². The Balaban J connectivity index is 1.99. The molecule has 0 aliphatic carbocycles. The molecule has 22 heavy (non-hydrogen) atoms. The Morgan fingerprint density at radius 1 is 1.32 bits per heavy atom. The van der Waals surface area contributed by atoms with Gasteiger partial charge in [0, 0.05) is 12.1 Å². The van der Waals surface area contributed by atoms with E-state index in [0.29, 0.717) is 18.0 Å². The minimum Gasteiger partial charge on any atom is -0.483 e. The SMILES string of the molecule is CC(C)c1ccc(OCC(=O)N2C(C)CCCC2C)c(Br)c1. The number of nitrogens with zero attached hydrogens (tertiary/aromatic N) is 1. The maximum atomic E-state index is 12.5. The van der Waals surface area contributed by atoms with Crippen molar-refractivity contribution in [2.45, 2.75) is 65.0 Å². The van der Waals surface area contributed by atoms with Gasteiger partial charge < -0.3 is 9.64 Å². The van der Waals surface area contributed by atoms with Crippen LogP contribution in [-0.2, 0) is 4.79 Å². The standard InChI is InChI=1S/C18H26BrNO2/c1-12(2)15-8-9-17(16(19)10-15)22-11-18(21)20-13(3)6-5-7-14(20)4/h8-10,12-14H,5-7,11H2,1-4H3. The molecule has 1 saturated heterocycles. The molecular formula is C18H26BrNO2. The van der Waals surface area contributed by atoms with E-state index in [1.807, 2.05) is 11.0 Å². The van der Waals surface area contributed by atoms with E-state index in [0.717, 1.165) is 23.1 Å². The summed E-state index contributed by atoms with van der Waals surface area (Å²) in [6.07, 6.45) is 3.38. The number of piperidine rings is 1. The van der Waals surface area contributed by atoms with Crippen molar-refractivity contribution in [1.29, 1.82) is 0 Å². The maximum Gasteiger partial charge on any atom is 0.260 e. The van der Waals surface area contributed by atoms with Crippen molar-refractivity contribution in [3.8, 4) is 5.75 Å². The number of hydrogen-bond acceptors (Lipinski definition) is 2. The summed E-state index contributed by atoms with van der Waals surface area (Å²) < 4.78 is 6.65. The fraction of sp³-hybridized carbons (Fsp3) is 0.611. The lowest BCUT2D eigenvalue weighted by molar-refractivity contribution is -0.139. The van der Waals surface area contributed by atoms with Crippen molar-refractivity contribution in [2.24, 2.45) is 0 Å². The fourth-order valence-electron chi connectivity index (χ4n) is 3.12. The Morgan fingerprint density at radius 3 is 2.50 bits per heavy atom. The second-order valence-corrected chi connectivity index (χ2v) is 7.42. The molecule has 2 atom stereocenters. The number of ether oxygens (including phenoxy) is 1. The first kappa shape index (κ1) is 17.3. The number of carbonyl (C=O) groups is 1. The number of benzene rings is 1. The summed E-state index contributed by atoms with van der Waals surface area (Å²) >= 11 is 3.54. The topological polar surface area (TPSA) is 29.5 Å². The molecule has 2 rings (SSSR count). The predicted octanol–water partition coefficient (Wildman–Crippen LogP) is 4.74. The first-order chi connectivity index (χ1) is 10.4. The average molecular weight is 368 g/mol. The third-order valence-corrected chi connectivity index (χ3v) is 5.07. The summed E-state index contributed by atoms with van der Waals surface area (Å²) in [5.41, 5.74) is 1.25. The van der Waals surface area contributed by atoms with E-state index >= 15 is 0 Å². The molecule has 1 aromatic rings. The van der Waals surface area contributed by atoms with Gasteiger partial charge in [-0.1, -0.05) is 19.9 Å². The molecule has 1 aliphatic heterocycles. The van der Waals surface area contributed by atoms with Crippen LogP contribution in [0.5, 0.6) is 5.75 Å². The van der Waals surface area contributed by atoms with Gasteiger partial charge in [-0.25, -0.2) is 0 Å². The van der Waals surface area contributed by atoms with E-state index in [9.17, 15) is 4.79 Å². The molecule has 1 amide bonds. The zero-order valence-corrected chi connectivity index (χ0v) is 15.5. The number of rotatable bonds is 4. The number of amides is 1. The third-order valence-electron chi connectivity index (χ3n) is 4.46. The van der Waals surface area contributed by atoms with Crippen molar-refractivity contribution in [2.75, 3.05) is 6.61 Å². The number of halogens is 1. The lowest BCUT2D eigenvalue weighted by Crippen LogP contribution is -2.49. The molecule has 0 saturated carbocycles. The lowest BCUT2D eigenvalue weighted by Gasteiger charge is -2.39. The highest BCUT2D eigenvalue weighted by Gasteiger charge is 2.29. The zero-order chi connectivity index (χ0) is 16.3. The molecule has 122 valence electrons. The maximum absolute atomic E-state index is 12.5. The Kier molecular flexibility index (Phi) is 5.90. The molecule has 2 unspecified atom stereocenters. The molecule has 0 spiro atoms. The van der Waals surface area contributed by atoms with Crippen LogP contribution in [0.1, 0.15) is 58.4 Å². The van der Waals surface area contributed by atoms with E-state index in [1.54, 1.807) is 0 Å². The van der Waals surface area contributed by atoms with Crippen LogP contribution in [0, 0.1) is 0 Å². The van der Waals surface area contributed by atoms with Gasteiger partial charge in [0.2, 0.25) is 0 Å². The van der Waals surface area contributed by atoms with Crippen LogP contribution in [0.2, 0.25) is 0 Å². The highest BCUT2D eigenvalue weighted by atomic mass is 79.9. The van der Waals surface area contributed by atoms with E-state index in [2.05, 4.69) is 55.8 Å². The van der Waals surface area contributed by atoms with Crippen molar-refractivity contribution in [3.05, 3.63) is 28.2 Å². The lowest BCUT2D eigenvalue weighted by atomic mass is 9.97. The summed E-state index contributed by atoms with van der Waals surface area (Å²) in [5, 5.41) is 0. The zero-order valence-electron chi connectivity index (χ0n) is 13.9. The second-order valence-electron chi connectivity index (χ2n) is 6.56. The molecule has 0 aromatic heterocycles. The Morgan fingerprint density at radius 2 is 1.95 bits per heavy atom. The van der Waals surface area contributed by atoms with E-state index in [-0.39, 0.29) is 12.5 Å². The van der Waals surface area contributed by atoms with Gasteiger partial charge >= 0.3 is 0 Å². The number of likely N-dealkylation sites (tertiary alicyclic amines) is 1. The largest absolute Gasteiger partial charge is 0.483 e. The van der Waals surface area contributed by atoms with Crippen molar-refractivity contribution < 1.29 is 9.53 Å². The summed E-state index contributed by atoms with van der Waals surface area (Å²) in [5.74, 6) is 1.29. The van der Waals surface area contributed by atoms with Gasteiger partial charge in [0.1, 0.15) is 5.75 Å². The van der Waals surface area contributed by atoms with E-state index in [4.69, 9.17) is 4.74 Å². The van der Waals surface area contributed by atoms with Crippen molar-refractivity contribution in [1.82, 2.24) is 4.90 Å². The predicted molar refractivity (Wildman–Crippen MR) is 93.3 cm³/mol. The van der Waals surface area contributed by atoms with Gasteiger partial charge in [-0.15, -0.1) is 0 Å². The van der Waals surface area contributed by atoms with Crippen LogP contribution in [0.3, 0.4) is 0 Å². The van der Waals surface area contributed by atoms with Gasteiger partial charge in [-0.2, -0.15) is 0 Å². The molecule has 1 aromatic carbocycles. The molecule has 0 radical (unpaired) electrons. The molecule has 0 bridgehead atoms. The molecule has 0 N–H and O–H groups in total. The third kappa shape index (κ3) is 4.03. The minimum absolute atomic E-state index is 0.0829. The minimum atomic E-state index is 0.0829. The quantitative estimate of drug-likeness (QED) is 0.768. The van der Waals surface area contributed by atoms with Crippen LogP contribution >= 0.6 is 15.9 Å². The molecular weight excluding hydrogens is 342 g/mol. The van der Waals surface area contributed by atoms with Gasteiger partial charge in [0.05, 0.1) is 4.47 Å². The molecule has 1 fully saturated rings. The monoisotopic (exact) mass is 367 g/mol. The fourth-order valence-corrected chi connectivity index (χ4v) is 3.63. The molecule has 1 heterocycles. The smallest absolute Gasteiger partial charge is 0.260 e. The normalized spacial score (nSPS) is 22.0. The van der Waals surface area contributed by atoms with Gasteiger partial charge in [-0.05, 0) is 72.7 Å². The van der Waals surface area contributed by atoms with E-state index < -0.39 is 0 Å². The summed E-state index contributed by atoms with van der Waals surface area (Å²) in [6, 6.07) is 6.69. The number of hydrogen-bond donors (Lipinski definition) is 0. The average Bonchev–Trinajstić information content (AvgIpc) is 2.45. The van der Waals surface area contributed by atoms with Crippen molar-refractivity contribution in [3.63, 3.8) is 0 Å². The van der Waals surface area contributed by atoms with Crippen LogP contribution in [0.15, 0.2) is 22.7 Å². The van der Waals surface area contributed by atoms with Gasteiger partial charge in [0.15, 0.2) is 6.61 Å². The van der Waals surface area contributed by atoms with Crippen LogP contribution in [0.25, 0.3) is 0 Å². The Labute approximate surface area is 142 Å². The van der Waals surface area contributed by atoms with Gasteiger partial charge in [0.25, 0.3) is 5.91 Å². The highest BCUT2D eigenvalue weighted by Crippen LogP contribution is 2.29. The summed E-state index contributed by atoms with van der Waals surface area (Å²) in [6.45, 7) is 8.67. The van der Waals surface area contributed by atoms with E-state index in [1.165, 1.54) is 12.0 Å². The Hall–Kier alpha value is -1.03. The second kappa shape index (κ2) is 7.49. The first-order valence-electron chi connectivity index (χ1n) is 8.13. The van der Waals surface area contributed by atoms with Crippen LogP contribution < -0.4 is 4.74 Å². The summed E-state index contributed by atoms with van der Waals surface area (Å²) in [4.78, 5) is 14.5. The molecule has 1 aliphatic rings. The molecule has 4 heteroatoms. The number of carbonyl (C=O) groups excluding carboxylic acids is 1. The molecule has 3 nitrogen and oxygen atoms in total. The van der Waals surface area contributed by atoms with Gasteiger partial charge in [-0.3, -0.25) is 4.79 Å². The summed E-state index contributed by atoms with van der Waals surface area (Å²) in [7, 11) is 0. The Bertz CT molecular complexity index is 520. The van der Waals surface area contributed by atoms with Crippen LogP contribution in [0.4, 0.5) is 0 Å². The highest BCUT2D eigenvalue weighted by molar-refractivity contribution is 9.10.